The second-order valence-corrected chi connectivity index (χ2v) is 8.06. The fraction of sp³-hybridized carbons (Fsp3) is 0.133. The van der Waals surface area contributed by atoms with Gasteiger partial charge in [0.1, 0.15) is 12.1 Å². The van der Waals surface area contributed by atoms with Gasteiger partial charge >= 0.3 is 0 Å². The van der Waals surface area contributed by atoms with Gasteiger partial charge in [-0.1, -0.05) is 72.8 Å². The predicted molar refractivity (Wildman–Crippen MR) is 143 cm³/mol. The van der Waals surface area contributed by atoms with Crippen LogP contribution in [0.3, 0.4) is 0 Å². The standard InChI is InChI=1S/C30H28N2O4/c1-35-25-17-9-15-23(29(25)33)19-31-27(21-11-5-3-6-12-21)28(22-13-7-4-8-14-22)32-20-24-16-10-18-26(36-2)30(24)34/h3-20,27-28,33-34H,1-2H3/t27-,28-/m1/s1. The SMILES string of the molecule is COc1cccc(C=N[C@H](c2ccccc2)[C@H](N=Cc2cccc(OC)c2O)c2ccccc2)c1O. The molecule has 0 aliphatic carbocycles. The number of hydrogen-bond donors (Lipinski definition) is 2. The van der Waals surface area contributed by atoms with Gasteiger partial charge in [0.2, 0.25) is 0 Å². The van der Waals surface area contributed by atoms with Crippen LogP contribution in [0.2, 0.25) is 0 Å². The fourth-order valence-corrected chi connectivity index (χ4v) is 3.94. The van der Waals surface area contributed by atoms with Crippen LogP contribution in [0.5, 0.6) is 23.0 Å². The normalized spacial score (nSPS) is 13.1. The van der Waals surface area contributed by atoms with Crippen molar-refractivity contribution in [2.45, 2.75) is 12.1 Å². The maximum Gasteiger partial charge on any atom is 0.166 e. The number of phenolic OH excluding ortho intramolecular Hbond substituents is 2. The molecule has 0 radical (unpaired) electrons. The molecule has 0 fully saturated rings. The van der Waals surface area contributed by atoms with E-state index in [9.17, 15) is 10.2 Å². The van der Waals surface area contributed by atoms with E-state index in [2.05, 4.69) is 0 Å². The Morgan fingerprint density at radius 1 is 0.556 bits per heavy atom. The van der Waals surface area contributed by atoms with Crippen LogP contribution in [0.1, 0.15) is 34.3 Å². The Hall–Kier alpha value is -4.58. The van der Waals surface area contributed by atoms with Gasteiger partial charge in [-0.15, -0.1) is 0 Å². The smallest absolute Gasteiger partial charge is 0.166 e. The Labute approximate surface area is 210 Å². The zero-order valence-corrected chi connectivity index (χ0v) is 20.2. The number of phenols is 2. The molecule has 182 valence electrons. The molecular formula is C30H28N2O4. The minimum absolute atomic E-state index is 0.0247. The molecule has 4 aromatic rings. The molecule has 36 heavy (non-hydrogen) atoms. The van der Waals surface area contributed by atoms with Gasteiger partial charge in [-0.05, 0) is 35.4 Å². The summed E-state index contributed by atoms with van der Waals surface area (Å²) in [4.78, 5) is 9.81. The van der Waals surface area contributed by atoms with Gasteiger partial charge in [-0.25, -0.2) is 0 Å². The van der Waals surface area contributed by atoms with E-state index in [0.29, 0.717) is 22.6 Å². The molecule has 4 rings (SSSR count). The number of aromatic hydroxyl groups is 2. The number of para-hydroxylation sites is 2. The van der Waals surface area contributed by atoms with Crippen LogP contribution in [-0.4, -0.2) is 36.9 Å². The first-order valence-corrected chi connectivity index (χ1v) is 11.5. The Morgan fingerprint density at radius 3 is 1.31 bits per heavy atom. The second-order valence-electron chi connectivity index (χ2n) is 8.06. The van der Waals surface area contributed by atoms with E-state index in [1.807, 2.05) is 60.7 Å². The minimum atomic E-state index is -0.414. The van der Waals surface area contributed by atoms with Crippen LogP contribution in [-0.2, 0) is 0 Å². The molecule has 0 bridgehead atoms. The number of methoxy groups -OCH3 is 2. The van der Waals surface area contributed by atoms with Crippen LogP contribution in [0.25, 0.3) is 0 Å². The second kappa shape index (κ2) is 11.7. The third-order valence-electron chi connectivity index (χ3n) is 5.83. The zero-order chi connectivity index (χ0) is 25.3. The third kappa shape index (κ3) is 5.55. The first kappa shape index (κ1) is 24.5. The molecule has 0 amide bonds. The lowest BCUT2D eigenvalue weighted by molar-refractivity contribution is 0.373. The van der Waals surface area contributed by atoms with Crippen molar-refractivity contribution in [3.8, 4) is 23.0 Å². The molecule has 0 spiro atoms. The molecule has 4 aromatic carbocycles. The summed E-state index contributed by atoms with van der Waals surface area (Å²) in [7, 11) is 3.02. The van der Waals surface area contributed by atoms with Crippen LogP contribution in [0.4, 0.5) is 0 Å². The van der Waals surface area contributed by atoms with Gasteiger partial charge in [-0.3, -0.25) is 9.98 Å². The Morgan fingerprint density at radius 2 is 0.944 bits per heavy atom. The number of hydrogen-bond acceptors (Lipinski definition) is 6. The average molecular weight is 481 g/mol. The largest absolute Gasteiger partial charge is 0.504 e. The van der Waals surface area contributed by atoms with Crippen molar-refractivity contribution in [2.75, 3.05) is 14.2 Å². The Balaban J connectivity index is 1.81. The highest BCUT2D eigenvalue weighted by Crippen LogP contribution is 2.37. The molecule has 0 aromatic heterocycles. The Bertz CT molecular complexity index is 1230. The topological polar surface area (TPSA) is 83.6 Å². The van der Waals surface area contributed by atoms with E-state index in [0.717, 1.165) is 11.1 Å². The molecule has 6 nitrogen and oxygen atoms in total. The number of aliphatic imine (C=N–C) groups is 2. The van der Waals surface area contributed by atoms with Crippen molar-refractivity contribution in [1.82, 2.24) is 0 Å². The summed E-state index contributed by atoms with van der Waals surface area (Å²) in [6, 6.07) is 29.5. The van der Waals surface area contributed by atoms with E-state index < -0.39 is 12.1 Å². The summed E-state index contributed by atoms with van der Waals surface area (Å²) in [5, 5.41) is 21.1. The number of rotatable bonds is 9. The number of benzene rings is 4. The maximum atomic E-state index is 10.6. The lowest BCUT2D eigenvalue weighted by Crippen LogP contribution is -2.09. The summed E-state index contributed by atoms with van der Waals surface area (Å²) in [5.41, 5.74) is 2.99. The maximum absolute atomic E-state index is 10.6. The lowest BCUT2D eigenvalue weighted by atomic mass is 9.94. The first-order valence-electron chi connectivity index (χ1n) is 11.5. The monoisotopic (exact) mass is 480 g/mol. The van der Waals surface area contributed by atoms with E-state index in [-0.39, 0.29) is 11.5 Å². The van der Waals surface area contributed by atoms with Crippen LogP contribution >= 0.6 is 0 Å². The van der Waals surface area contributed by atoms with E-state index in [1.54, 1.807) is 48.8 Å². The van der Waals surface area contributed by atoms with Gasteiger partial charge in [0.15, 0.2) is 23.0 Å². The molecule has 6 heteroatoms. The van der Waals surface area contributed by atoms with Gasteiger partial charge in [0, 0.05) is 23.6 Å². The van der Waals surface area contributed by atoms with Crippen molar-refractivity contribution < 1.29 is 19.7 Å². The predicted octanol–water partition coefficient (Wildman–Crippen LogP) is 6.14. The average Bonchev–Trinajstić information content (AvgIpc) is 2.93. The molecule has 0 unspecified atom stereocenters. The highest BCUT2D eigenvalue weighted by atomic mass is 16.5. The molecule has 2 N–H and O–H groups in total. The molecule has 0 aliphatic heterocycles. The van der Waals surface area contributed by atoms with Crippen molar-refractivity contribution in [2.24, 2.45) is 9.98 Å². The summed E-state index contributed by atoms with van der Waals surface area (Å²) in [5.74, 6) is 0.802. The summed E-state index contributed by atoms with van der Waals surface area (Å²) >= 11 is 0. The lowest BCUT2D eigenvalue weighted by Gasteiger charge is -2.22. The van der Waals surface area contributed by atoms with E-state index >= 15 is 0 Å². The zero-order valence-electron chi connectivity index (χ0n) is 20.2. The van der Waals surface area contributed by atoms with Crippen molar-refractivity contribution in [3.05, 3.63) is 119 Å². The Kier molecular flexibility index (Phi) is 7.98. The molecule has 2 atom stereocenters. The molecule has 0 saturated carbocycles. The van der Waals surface area contributed by atoms with Crippen LogP contribution < -0.4 is 9.47 Å². The summed E-state index contributed by atoms with van der Waals surface area (Å²) < 4.78 is 10.5. The van der Waals surface area contributed by atoms with Crippen LogP contribution in [0, 0.1) is 0 Å². The summed E-state index contributed by atoms with van der Waals surface area (Å²) in [6.45, 7) is 0. The van der Waals surface area contributed by atoms with Crippen molar-refractivity contribution in [1.29, 1.82) is 0 Å². The molecule has 0 heterocycles. The molecular weight excluding hydrogens is 452 g/mol. The first-order chi connectivity index (χ1) is 17.6. The van der Waals surface area contributed by atoms with Crippen molar-refractivity contribution >= 4 is 12.4 Å². The van der Waals surface area contributed by atoms with Gasteiger partial charge < -0.3 is 19.7 Å². The van der Waals surface area contributed by atoms with Gasteiger partial charge in [0.05, 0.1) is 14.2 Å². The number of nitrogens with zero attached hydrogens (tertiary/aromatic N) is 2. The molecule has 0 aliphatic rings. The summed E-state index contributed by atoms with van der Waals surface area (Å²) in [6.07, 6.45) is 3.29. The van der Waals surface area contributed by atoms with E-state index in [1.165, 1.54) is 14.2 Å². The van der Waals surface area contributed by atoms with Crippen molar-refractivity contribution in [3.63, 3.8) is 0 Å². The highest BCUT2D eigenvalue weighted by molar-refractivity contribution is 5.86. The van der Waals surface area contributed by atoms with Gasteiger partial charge in [-0.2, -0.15) is 0 Å². The third-order valence-corrected chi connectivity index (χ3v) is 5.83. The minimum Gasteiger partial charge on any atom is -0.504 e. The van der Waals surface area contributed by atoms with Crippen LogP contribution in [0.15, 0.2) is 107 Å². The quantitative estimate of drug-likeness (QED) is 0.282. The molecule has 0 saturated heterocycles. The van der Waals surface area contributed by atoms with Gasteiger partial charge in [0.25, 0.3) is 0 Å². The fourth-order valence-electron chi connectivity index (χ4n) is 3.94. The number of ether oxygens (including phenoxy) is 2. The van der Waals surface area contributed by atoms with E-state index in [4.69, 9.17) is 19.5 Å². The highest BCUT2D eigenvalue weighted by Gasteiger charge is 2.24.